The maximum absolute atomic E-state index is 13.5. The van der Waals surface area contributed by atoms with Crippen LogP contribution in [0.1, 0.15) is 41.9 Å². The van der Waals surface area contributed by atoms with E-state index in [1.165, 1.54) is 0 Å². The van der Waals surface area contributed by atoms with E-state index in [1.54, 1.807) is 6.20 Å². The number of hydrogen-bond acceptors (Lipinski definition) is 4. The molecule has 1 N–H and O–H groups in total. The minimum Gasteiger partial charge on any atom is -0.344 e. The minimum atomic E-state index is -0.565. The molecule has 2 amide bonds. The van der Waals surface area contributed by atoms with E-state index in [0.717, 1.165) is 29.7 Å². The Morgan fingerprint density at radius 1 is 1.20 bits per heavy atom. The number of rotatable bonds is 5. The van der Waals surface area contributed by atoms with Gasteiger partial charge in [-0.15, -0.1) is 0 Å². The molecule has 2 aliphatic rings. The molecule has 6 heteroatoms. The first-order valence-corrected chi connectivity index (χ1v) is 10.9. The van der Waals surface area contributed by atoms with E-state index >= 15 is 0 Å². The lowest BCUT2D eigenvalue weighted by Gasteiger charge is -2.36. The first kappa shape index (κ1) is 20.5. The molecule has 3 heterocycles. The molecule has 30 heavy (non-hydrogen) atoms. The fourth-order valence-electron chi connectivity index (χ4n) is 4.97. The van der Waals surface area contributed by atoms with Gasteiger partial charge in [0, 0.05) is 44.5 Å². The lowest BCUT2D eigenvalue weighted by Crippen LogP contribution is -2.58. The third kappa shape index (κ3) is 3.84. The third-order valence-electron chi connectivity index (χ3n) is 6.56. The molecule has 1 aromatic heterocycles. The van der Waals surface area contributed by atoms with Crippen molar-refractivity contribution >= 4 is 11.8 Å². The highest BCUT2D eigenvalue weighted by Crippen LogP contribution is 2.36. The van der Waals surface area contributed by atoms with Crippen molar-refractivity contribution in [3.63, 3.8) is 0 Å². The molecule has 1 aromatic carbocycles. The van der Waals surface area contributed by atoms with Crippen LogP contribution in [-0.2, 0) is 17.8 Å². The molecule has 1 fully saturated rings. The van der Waals surface area contributed by atoms with Gasteiger partial charge in [0.15, 0.2) is 0 Å². The maximum Gasteiger partial charge on any atom is 0.252 e. The molecule has 4 rings (SSSR count). The lowest BCUT2D eigenvalue weighted by molar-refractivity contribution is -0.136. The van der Waals surface area contributed by atoms with E-state index in [4.69, 9.17) is 0 Å². The van der Waals surface area contributed by atoms with Crippen molar-refractivity contribution in [3.05, 3.63) is 65.5 Å². The zero-order valence-corrected chi connectivity index (χ0v) is 17.8. The molecule has 2 aromatic rings. The second kappa shape index (κ2) is 8.56. The number of amides is 2. The van der Waals surface area contributed by atoms with E-state index in [2.05, 4.69) is 15.2 Å². The van der Waals surface area contributed by atoms with Gasteiger partial charge in [0.05, 0.1) is 17.2 Å². The fraction of sp³-hybridized carbons (Fsp3) is 0.458. The van der Waals surface area contributed by atoms with Gasteiger partial charge in [0.25, 0.3) is 5.91 Å². The summed E-state index contributed by atoms with van der Waals surface area (Å²) < 4.78 is 0. The summed E-state index contributed by atoms with van der Waals surface area (Å²) in [5, 5.41) is 3.31. The molecule has 0 saturated carbocycles. The molecule has 0 unspecified atom stereocenters. The summed E-state index contributed by atoms with van der Waals surface area (Å²) in [5.41, 5.74) is 2.20. The summed E-state index contributed by atoms with van der Waals surface area (Å²) in [6.45, 7) is 7.33. The molecule has 0 bridgehead atoms. The van der Waals surface area contributed by atoms with Crippen molar-refractivity contribution < 1.29 is 9.59 Å². The Morgan fingerprint density at radius 2 is 1.97 bits per heavy atom. The van der Waals surface area contributed by atoms with E-state index in [-0.39, 0.29) is 17.7 Å². The van der Waals surface area contributed by atoms with Gasteiger partial charge in [0.2, 0.25) is 5.91 Å². The van der Waals surface area contributed by atoms with Crippen LogP contribution in [0.15, 0.2) is 48.7 Å². The number of hydrogen-bond donors (Lipinski definition) is 1. The van der Waals surface area contributed by atoms with Crippen LogP contribution in [0.2, 0.25) is 0 Å². The number of likely N-dealkylation sites (tertiary alicyclic amines) is 1. The molecule has 158 valence electrons. The van der Waals surface area contributed by atoms with Crippen molar-refractivity contribution in [2.75, 3.05) is 26.2 Å². The largest absolute Gasteiger partial charge is 0.344 e. The number of carbonyl (C=O) groups is 2. The van der Waals surface area contributed by atoms with Crippen LogP contribution in [0, 0.1) is 5.92 Å². The van der Waals surface area contributed by atoms with Crippen molar-refractivity contribution in [3.8, 4) is 0 Å². The Labute approximate surface area is 178 Å². The molecule has 0 radical (unpaired) electrons. The Kier molecular flexibility index (Phi) is 5.86. The van der Waals surface area contributed by atoms with Gasteiger partial charge >= 0.3 is 0 Å². The summed E-state index contributed by atoms with van der Waals surface area (Å²) in [4.78, 5) is 35.3. The average Bonchev–Trinajstić information content (AvgIpc) is 3.04. The van der Waals surface area contributed by atoms with Crippen LogP contribution in [0.5, 0.6) is 0 Å². The SMILES string of the molecule is CCN(CC)C(=O)[C@H]1CN(Cc2ccccn2)C[C@@]12CCc1ccccc1C(=O)N2. The molecule has 2 aliphatic heterocycles. The van der Waals surface area contributed by atoms with Crippen molar-refractivity contribution in [2.24, 2.45) is 5.92 Å². The summed E-state index contributed by atoms with van der Waals surface area (Å²) in [6.07, 6.45) is 3.34. The van der Waals surface area contributed by atoms with Gasteiger partial charge in [-0.1, -0.05) is 24.3 Å². The Hall–Kier alpha value is -2.73. The maximum atomic E-state index is 13.5. The number of aryl methyl sites for hydroxylation is 1. The van der Waals surface area contributed by atoms with E-state index < -0.39 is 5.54 Å². The van der Waals surface area contributed by atoms with Crippen LogP contribution < -0.4 is 5.32 Å². The Bertz CT molecular complexity index is 912. The predicted molar refractivity (Wildman–Crippen MR) is 116 cm³/mol. The third-order valence-corrected chi connectivity index (χ3v) is 6.56. The molecular weight excluding hydrogens is 376 g/mol. The second-order valence-corrected chi connectivity index (χ2v) is 8.32. The second-order valence-electron chi connectivity index (χ2n) is 8.32. The van der Waals surface area contributed by atoms with Gasteiger partial charge < -0.3 is 10.2 Å². The number of carbonyl (C=O) groups excluding carboxylic acids is 2. The number of aromatic nitrogens is 1. The predicted octanol–water partition coefficient (Wildman–Crippen LogP) is 2.50. The standard InChI is InChI=1S/C24H30N4O2/c1-3-28(4-2)23(30)21-16-27(15-19-10-7-8-14-25-19)17-24(21)13-12-18-9-5-6-11-20(18)22(29)26-24/h5-11,14,21H,3-4,12-13,15-17H2,1-2H3,(H,26,29)/t21-,24+/m1/s1. The monoisotopic (exact) mass is 406 g/mol. The molecule has 0 aliphatic carbocycles. The molecule has 2 atom stereocenters. The van der Waals surface area contributed by atoms with Gasteiger partial charge in [0.1, 0.15) is 0 Å². The van der Waals surface area contributed by atoms with Crippen LogP contribution in [0.25, 0.3) is 0 Å². The van der Waals surface area contributed by atoms with Crippen LogP contribution in [-0.4, -0.2) is 58.3 Å². The summed E-state index contributed by atoms with van der Waals surface area (Å²) in [6, 6.07) is 13.7. The molecule has 1 spiro atoms. The topological polar surface area (TPSA) is 65.5 Å². The molecule has 6 nitrogen and oxygen atoms in total. The van der Waals surface area contributed by atoms with E-state index in [0.29, 0.717) is 32.7 Å². The Morgan fingerprint density at radius 3 is 2.70 bits per heavy atom. The van der Waals surface area contributed by atoms with Gasteiger partial charge in [-0.25, -0.2) is 0 Å². The molecular formula is C24H30N4O2. The highest BCUT2D eigenvalue weighted by Gasteiger charge is 2.52. The lowest BCUT2D eigenvalue weighted by atomic mass is 9.81. The molecule has 1 saturated heterocycles. The smallest absolute Gasteiger partial charge is 0.252 e. The summed E-state index contributed by atoms with van der Waals surface area (Å²) in [7, 11) is 0. The van der Waals surface area contributed by atoms with Crippen LogP contribution in [0.3, 0.4) is 0 Å². The number of benzene rings is 1. The van der Waals surface area contributed by atoms with Gasteiger partial charge in [-0.05, 0) is 50.5 Å². The number of fused-ring (bicyclic) bond motifs is 1. The van der Waals surface area contributed by atoms with E-state index in [1.807, 2.05) is 61.2 Å². The number of nitrogens with zero attached hydrogens (tertiary/aromatic N) is 3. The first-order valence-electron chi connectivity index (χ1n) is 10.9. The fourth-order valence-corrected chi connectivity index (χ4v) is 4.97. The highest BCUT2D eigenvalue weighted by atomic mass is 16.2. The normalized spacial score (nSPS) is 23.7. The van der Waals surface area contributed by atoms with Crippen molar-refractivity contribution in [1.82, 2.24) is 20.1 Å². The highest BCUT2D eigenvalue weighted by molar-refractivity contribution is 5.97. The first-order chi connectivity index (χ1) is 14.6. The van der Waals surface area contributed by atoms with Gasteiger partial charge in [-0.2, -0.15) is 0 Å². The average molecular weight is 407 g/mol. The number of pyridine rings is 1. The van der Waals surface area contributed by atoms with Crippen LogP contribution >= 0.6 is 0 Å². The summed E-state index contributed by atoms with van der Waals surface area (Å²) >= 11 is 0. The van der Waals surface area contributed by atoms with E-state index in [9.17, 15) is 9.59 Å². The zero-order chi connectivity index (χ0) is 21.1. The number of nitrogens with one attached hydrogen (secondary N) is 1. The van der Waals surface area contributed by atoms with Crippen molar-refractivity contribution in [2.45, 2.75) is 38.8 Å². The summed E-state index contributed by atoms with van der Waals surface area (Å²) in [5.74, 6) is -0.200. The minimum absolute atomic E-state index is 0.0693. The van der Waals surface area contributed by atoms with Crippen LogP contribution in [0.4, 0.5) is 0 Å². The van der Waals surface area contributed by atoms with Gasteiger partial charge in [-0.3, -0.25) is 19.5 Å². The van der Waals surface area contributed by atoms with Crippen molar-refractivity contribution in [1.29, 1.82) is 0 Å². The quantitative estimate of drug-likeness (QED) is 0.829. The zero-order valence-electron chi connectivity index (χ0n) is 17.8. The Balaban J connectivity index is 1.65.